The first-order chi connectivity index (χ1) is 9.98. The third kappa shape index (κ3) is 2.42. The molecular weight excluding hydrogens is 286 g/mol. The van der Waals surface area contributed by atoms with Crippen LogP contribution in [0, 0.1) is 6.07 Å². The molecule has 6 heteroatoms. The molecule has 21 heavy (non-hydrogen) atoms. The summed E-state index contributed by atoms with van der Waals surface area (Å²) in [6.45, 7) is 3.34. The molecule has 1 N–H and O–H groups in total. The summed E-state index contributed by atoms with van der Waals surface area (Å²) in [6, 6.07) is 9.67. The quantitative estimate of drug-likeness (QED) is 0.806. The molecule has 2 heterocycles. The van der Waals surface area contributed by atoms with E-state index in [1.165, 1.54) is 0 Å². The average Bonchev–Trinajstić information content (AvgIpc) is 2.94. The van der Waals surface area contributed by atoms with Gasteiger partial charge in [0.15, 0.2) is 15.5 Å². The normalized spacial score (nSPS) is 12.1. The Labute approximate surface area is 123 Å². The number of benzene rings is 1. The maximum Gasteiger partial charge on any atom is 0.180 e. The number of sulfone groups is 1. The van der Waals surface area contributed by atoms with Crippen molar-refractivity contribution in [3.8, 4) is 11.3 Å². The van der Waals surface area contributed by atoms with Crippen molar-refractivity contribution in [3.63, 3.8) is 0 Å². The van der Waals surface area contributed by atoms with E-state index in [0.717, 1.165) is 5.56 Å². The van der Waals surface area contributed by atoms with Crippen LogP contribution in [0.1, 0.15) is 13.8 Å². The Morgan fingerprint density at radius 3 is 2.57 bits per heavy atom. The molecule has 107 valence electrons. The summed E-state index contributed by atoms with van der Waals surface area (Å²) in [6.07, 6.45) is 3.31. The van der Waals surface area contributed by atoms with E-state index in [2.05, 4.69) is 21.0 Å². The van der Waals surface area contributed by atoms with E-state index in [-0.39, 0.29) is 0 Å². The standard InChI is InChI=1S/C15H14N3O2S/c1-10(2)21(19,20)12-5-3-11(4-6-12)14-9-17-15-13(18-14)7-8-16-15/h3-6,8-10H,1-2H3,(H,16,17). The lowest BCUT2D eigenvalue weighted by atomic mass is 10.2. The summed E-state index contributed by atoms with van der Waals surface area (Å²) in [7, 11) is -3.25. The van der Waals surface area contributed by atoms with Gasteiger partial charge >= 0.3 is 0 Å². The lowest BCUT2D eigenvalue weighted by molar-refractivity contribution is 0.587. The van der Waals surface area contributed by atoms with Crippen molar-refractivity contribution in [1.29, 1.82) is 0 Å². The average molecular weight is 300 g/mol. The molecule has 1 aromatic carbocycles. The van der Waals surface area contributed by atoms with E-state index in [0.29, 0.717) is 21.8 Å². The molecule has 0 aliphatic carbocycles. The van der Waals surface area contributed by atoms with Crippen LogP contribution in [-0.4, -0.2) is 28.6 Å². The first-order valence-electron chi connectivity index (χ1n) is 6.54. The number of hydrogen-bond donors (Lipinski definition) is 1. The van der Waals surface area contributed by atoms with E-state index < -0.39 is 15.1 Å². The van der Waals surface area contributed by atoms with Gasteiger partial charge in [0, 0.05) is 17.8 Å². The van der Waals surface area contributed by atoms with Gasteiger partial charge in [0.05, 0.1) is 22.0 Å². The van der Waals surface area contributed by atoms with Crippen LogP contribution < -0.4 is 0 Å². The molecule has 3 aromatic rings. The minimum absolute atomic E-state index is 0.323. The minimum Gasteiger partial charge on any atom is -0.344 e. The number of aromatic amines is 1. The molecule has 0 bridgehead atoms. The molecule has 0 unspecified atom stereocenters. The van der Waals surface area contributed by atoms with Gasteiger partial charge in [0.2, 0.25) is 0 Å². The van der Waals surface area contributed by atoms with Gasteiger partial charge in [-0.1, -0.05) is 12.1 Å². The highest BCUT2D eigenvalue weighted by Gasteiger charge is 2.18. The maximum atomic E-state index is 12.1. The Bertz CT molecular complexity index is 881. The van der Waals surface area contributed by atoms with Gasteiger partial charge in [-0.15, -0.1) is 0 Å². The Balaban J connectivity index is 2.00. The molecule has 0 aliphatic heterocycles. The molecule has 2 aromatic heterocycles. The van der Waals surface area contributed by atoms with Gasteiger partial charge in [0.25, 0.3) is 0 Å². The van der Waals surface area contributed by atoms with Crippen LogP contribution in [-0.2, 0) is 9.84 Å². The van der Waals surface area contributed by atoms with Crippen molar-refractivity contribution in [2.45, 2.75) is 24.0 Å². The van der Waals surface area contributed by atoms with E-state index >= 15 is 0 Å². The van der Waals surface area contributed by atoms with Crippen molar-refractivity contribution < 1.29 is 8.42 Å². The van der Waals surface area contributed by atoms with Gasteiger partial charge < -0.3 is 4.98 Å². The molecule has 1 radical (unpaired) electrons. The lowest BCUT2D eigenvalue weighted by Crippen LogP contribution is -2.13. The fraction of sp³-hybridized carbons (Fsp3) is 0.200. The van der Waals surface area contributed by atoms with E-state index in [9.17, 15) is 8.42 Å². The lowest BCUT2D eigenvalue weighted by Gasteiger charge is -2.08. The minimum atomic E-state index is -3.25. The van der Waals surface area contributed by atoms with Crippen LogP contribution in [0.2, 0.25) is 0 Å². The van der Waals surface area contributed by atoms with Gasteiger partial charge in [-0.25, -0.2) is 18.4 Å². The van der Waals surface area contributed by atoms with E-state index in [1.54, 1.807) is 50.5 Å². The number of nitrogens with one attached hydrogen (secondary N) is 1. The Morgan fingerprint density at radius 2 is 1.90 bits per heavy atom. The summed E-state index contributed by atoms with van der Waals surface area (Å²) in [4.78, 5) is 11.9. The smallest absolute Gasteiger partial charge is 0.180 e. The third-order valence-corrected chi connectivity index (χ3v) is 5.46. The summed E-state index contributed by atoms with van der Waals surface area (Å²) in [5.74, 6) is 0. The van der Waals surface area contributed by atoms with Crippen molar-refractivity contribution in [3.05, 3.63) is 42.7 Å². The molecule has 0 aliphatic rings. The Kier molecular flexibility index (Phi) is 3.25. The van der Waals surface area contributed by atoms with E-state index in [1.807, 2.05) is 0 Å². The monoisotopic (exact) mass is 300 g/mol. The van der Waals surface area contributed by atoms with Gasteiger partial charge in [-0.3, -0.25) is 0 Å². The number of H-pyrrole nitrogens is 1. The van der Waals surface area contributed by atoms with Crippen LogP contribution in [0.15, 0.2) is 41.6 Å². The summed E-state index contributed by atoms with van der Waals surface area (Å²) in [5, 5.41) is -0.436. The highest BCUT2D eigenvalue weighted by molar-refractivity contribution is 7.92. The molecule has 0 saturated heterocycles. The number of nitrogens with zero attached hydrogens (tertiary/aromatic N) is 2. The van der Waals surface area contributed by atoms with Crippen molar-refractivity contribution in [2.24, 2.45) is 0 Å². The molecule has 0 spiro atoms. The van der Waals surface area contributed by atoms with Crippen LogP contribution in [0.4, 0.5) is 0 Å². The summed E-state index contributed by atoms with van der Waals surface area (Å²) in [5.41, 5.74) is 2.85. The van der Waals surface area contributed by atoms with E-state index in [4.69, 9.17) is 0 Å². The zero-order valence-corrected chi connectivity index (χ0v) is 12.5. The van der Waals surface area contributed by atoms with Crippen LogP contribution in [0.25, 0.3) is 22.4 Å². The SMILES string of the molecule is CC(C)S(=O)(=O)c1ccc(-c2cnc3[nH]c[c]c3n2)cc1. The number of aromatic nitrogens is 3. The zero-order valence-electron chi connectivity index (χ0n) is 11.7. The van der Waals surface area contributed by atoms with Crippen LogP contribution >= 0.6 is 0 Å². The van der Waals surface area contributed by atoms with Crippen LogP contribution in [0.5, 0.6) is 0 Å². The summed E-state index contributed by atoms with van der Waals surface area (Å²) < 4.78 is 24.2. The predicted molar refractivity (Wildman–Crippen MR) is 80.5 cm³/mol. The second kappa shape index (κ2) is 4.96. The van der Waals surface area contributed by atoms with Crippen LogP contribution in [0.3, 0.4) is 0 Å². The molecule has 3 rings (SSSR count). The van der Waals surface area contributed by atoms with Gasteiger partial charge in [-0.05, 0) is 26.0 Å². The van der Waals surface area contributed by atoms with Crippen molar-refractivity contribution in [1.82, 2.24) is 15.0 Å². The molecular formula is C15H14N3O2S. The fourth-order valence-electron chi connectivity index (χ4n) is 1.99. The number of fused-ring (bicyclic) bond motifs is 1. The highest BCUT2D eigenvalue weighted by atomic mass is 32.2. The zero-order chi connectivity index (χ0) is 15.0. The number of hydrogen-bond acceptors (Lipinski definition) is 4. The topological polar surface area (TPSA) is 75.7 Å². The molecule has 0 fully saturated rings. The molecule has 0 saturated carbocycles. The Hall–Kier alpha value is -2.21. The second-order valence-corrected chi connectivity index (χ2v) is 7.51. The van der Waals surface area contributed by atoms with Crippen molar-refractivity contribution >= 4 is 21.0 Å². The highest BCUT2D eigenvalue weighted by Crippen LogP contribution is 2.22. The predicted octanol–water partition coefficient (Wildman–Crippen LogP) is 2.61. The molecule has 0 amide bonds. The number of rotatable bonds is 3. The first-order valence-corrected chi connectivity index (χ1v) is 8.09. The third-order valence-electron chi connectivity index (χ3n) is 3.29. The molecule has 0 atom stereocenters. The van der Waals surface area contributed by atoms with Crippen molar-refractivity contribution in [2.75, 3.05) is 0 Å². The van der Waals surface area contributed by atoms with Gasteiger partial charge in [0.1, 0.15) is 5.52 Å². The Morgan fingerprint density at radius 1 is 1.19 bits per heavy atom. The maximum absolute atomic E-state index is 12.1. The second-order valence-electron chi connectivity index (χ2n) is 5.00. The summed E-state index contributed by atoms with van der Waals surface area (Å²) >= 11 is 0. The first kappa shape index (κ1) is 13.8. The fourth-order valence-corrected chi connectivity index (χ4v) is 3.05. The largest absolute Gasteiger partial charge is 0.344 e. The van der Waals surface area contributed by atoms with Gasteiger partial charge in [-0.2, -0.15) is 0 Å². The molecule has 5 nitrogen and oxygen atoms in total.